The molecule has 0 aliphatic heterocycles. The maximum absolute atomic E-state index is 12.2. The summed E-state index contributed by atoms with van der Waals surface area (Å²) in [5.41, 5.74) is -0.430. The van der Waals surface area contributed by atoms with Crippen LogP contribution in [-0.4, -0.2) is 25.9 Å². The van der Waals surface area contributed by atoms with Crippen molar-refractivity contribution in [3.8, 4) is 0 Å². The van der Waals surface area contributed by atoms with E-state index in [9.17, 15) is 13.2 Å². The first-order valence-corrected chi connectivity index (χ1v) is 8.87. The molecule has 1 rings (SSSR count). The number of nitrogens with one attached hydrogen (secondary N) is 2. The molecule has 0 spiro atoms. The fraction of sp³-hybridized carbons (Fsp3) is 0.462. The molecule has 0 saturated carbocycles. The van der Waals surface area contributed by atoms with Crippen molar-refractivity contribution in [1.82, 2.24) is 10.0 Å². The van der Waals surface area contributed by atoms with Gasteiger partial charge in [0.2, 0.25) is 15.9 Å². The molecular formula is C13H18BrClN2O3S. The lowest BCUT2D eigenvalue weighted by atomic mass is 10.1. The highest BCUT2D eigenvalue weighted by molar-refractivity contribution is 9.10. The fourth-order valence-electron chi connectivity index (χ4n) is 1.48. The highest BCUT2D eigenvalue weighted by atomic mass is 79.9. The molecular weight excluding hydrogens is 380 g/mol. The highest BCUT2D eigenvalue weighted by Crippen LogP contribution is 2.25. The number of rotatable bonds is 4. The van der Waals surface area contributed by atoms with Gasteiger partial charge in [-0.15, -0.1) is 0 Å². The Morgan fingerprint density at radius 3 is 2.38 bits per heavy atom. The zero-order valence-electron chi connectivity index (χ0n) is 12.2. The fourth-order valence-corrected chi connectivity index (χ4v) is 3.35. The Morgan fingerprint density at radius 2 is 1.90 bits per heavy atom. The van der Waals surface area contributed by atoms with Crippen molar-refractivity contribution in [3.63, 3.8) is 0 Å². The van der Waals surface area contributed by atoms with Gasteiger partial charge in [-0.3, -0.25) is 4.79 Å². The second kappa shape index (κ2) is 6.64. The number of halogens is 2. The molecule has 0 heterocycles. The Balaban J connectivity index is 2.89. The minimum absolute atomic E-state index is 0.0363. The van der Waals surface area contributed by atoms with Crippen LogP contribution in [0, 0.1) is 0 Å². The molecule has 0 saturated heterocycles. The third-order valence-electron chi connectivity index (χ3n) is 2.42. The number of benzene rings is 1. The van der Waals surface area contributed by atoms with Crippen LogP contribution in [0.2, 0.25) is 5.02 Å². The van der Waals surface area contributed by atoms with Crippen LogP contribution in [0.25, 0.3) is 0 Å². The quantitative estimate of drug-likeness (QED) is 0.820. The molecule has 0 aromatic heterocycles. The molecule has 118 valence electrons. The molecule has 0 aliphatic carbocycles. The van der Waals surface area contributed by atoms with Crippen molar-refractivity contribution in [2.24, 2.45) is 0 Å². The van der Waals surface area contributed by atoms with Crippen molar-refractivity contribution in [1.29, 1.82) is 0 Å². The van der Waals surface area contributed by atoms with Gasteiger partial charge in [-0.1, -0.05) is 11.6 Å². The van der Waals surface area contributed by atoms with Gasteiger partial charge in [0.05, 0.1) is 16.0 Å². The van der Waals surface area contributed by atoms with Gasteiger partial charge >= 0.3 is 0 Å². The lowest BCUT2D eigenvalue weighted by Gasteiger charge is -2.23. The molecule has 1 atom stereocenters. The van der Waals surface area contributed by atoms with Gasteiger partial charge in [-0.2, -0.15) is 4.72 Å². The Kier molecular flexibility index (Phi) is 5.83. The predicted molar refractivity (Wildman–Crippen MR) is 86.8 cm³/mol. The van der Waals surface area contributed by atoms with Gasteiger partial charge in [-0.25, -0.2) is 8.42 Å². The minimum Gasteiger partial charge on any atom is -0.350 e. The summed E-state index contributed by atoms with van der Waals surface area (Å²) < 4.78 is 27.3. The summed E-state index contributed by atoms with van der Waals surface area (Å²) in [5.74, 6) is -0.390. The van der Waals surface area contributed by atoms with E-state index in [-0.39, 0.29) is 10.8 Å². The van der Waals surface area contributed by atoms with E-state index in [0.717, 1.165) is 0 Å². The van der Waals surface area contributed by atoms with Crippen molar-refractivity contribution < 1.29 is 13.2 Å². The SMILES string of the molecule is CC(NS(=O)(=O)c1ccc(Cl)c(Br)c1)C(=O)NC(C)(C)C. The number of amides is 1. The molecule has 21 heavy (non-hydrogen) atoms. The summed E-state index contributed by atoms with van der Waals surface area (Å²) in [7, 11) is -3.80. The Hall–Kier alpha value is -0.630. The van der Waals surface area contributed by atoms with E-state index in [1.807, 2.05) is 20.8 Å². The summed E-state index contributed by atoms with van der Waals surface area (Å²) in [5, 5.41) is 3.13. The second-order valence-corrected chi connectivity index (χ2v) is 8.63. The van der Waals surface area contributed by atoms with Crippen LogP contribution < -0.4 is 10.0 Å². The zero-order chi connectivity index (χ0) is 16.4. The van der Waals surface area contributed by atoms with E-state index >= 15 is 0 Å². The molecule has 5 nitrogen and oxygen atoms in total. The van der Waals surface area contributed by atoms with E-state index in [4.69, 9.17) is 11.6 Å². The standard InChI is InChI=1S/C13H18BrClN2O3S/c1-8(12(18)16-13(2,3)4)17-21(19,20)9-5-6-11(15)10(14)7-9/h5-8,17H,1-4H3,(H,16,18). The third-order valence-corrected chi connectivity index (χ3v) is 5.18. The molecule has 0 bridgehead atoms. The average molecular weight is 398 g/mol. The van der Waals surface area contributed by atoms with E-state index in [2.05, 4.69) is 26.0 Å². The van der Waals surface area contributed by atoms with Gasteiger partial charge in [0.25, 0.3) is 0 Å². The van der Waals surface area contributed by atoms with Crippen LogP contribution in [0.4, 0.5) is 0 Å². The topological polar surface area (TPSA) is 75.3 Å². The summed E-state index contributed by atoms with van der Waals surface area (Å²) in [4.78, 5) is 12.0. The second-order valence-electron chi connectivity index (χ2n) is 5.66. The van der Waals surface area contributed by atoms with Crippen LogP contribution in [0.5, 0.6) is 0 Å². The maximum atomic E-state index is 12.2. The average Bonchev–Trinajstić information content (AvgIpc) is 2.29. The zero-order valence-corrected chi connectivity index (χ0v) is 15.4. The van der Waals surface area contributed by atoms with Crippen LogP contribution in [0.3, 0.4) is 0 Å². The lowest BCUT2D eigenvalue weighted by molar-refractivity contribution is -0.123. The number of sulfonamides is 1. The van der Waals surface area contributed by atoms with Gasteiger partial charge in [-0.05, 0) is 61.8 Å². The highest BCUT2D eigenvalue weighted by Gasteiger charge is 2.25. The third kappa shape index (κ3) is 5.58. The minimum atomic E-state index is -3.80. The molecule has 2 N–H and O–H groups in total. The Bertz CT molecular complexity index is 641. The van der Waals surface area contributed by atoms with E-state index in [1.54, 1.807) is 0 Å². The predicted octanol–water partition coefficient (Wildman–Crippen LogP) is 2.68. The van der Waals surface area contributed by atoms with Crippen LogP contribution in [0.15, 0.2) is 27.6 Å². The summed E-state index contributed by atoms with van der Waals surface area (Å²) in [6, 6.07) is 3.35. The molecule has 0 radical (unpaired) electrons. The van der Waals surface area contributed by atoms with Gasteiger partial charge in [0.1, 0.15) is 0 Å². The molecule has 1 aromatic carbocycles. The maximum Gasteiger partial charge on any atom is 0.241 e. The summed E-state index contributed by atoms with van der Waals surface area (Å²) in [6.45, 7) is 6.96. The van der Waals surface area contributed by atoms with Crippen molar-refractivity contribution >= 4 is 43.5 Å². The molecule has 8 heteroatoms. The van der Waals surface area contributed by atoms with Crippen molar-refractivity contribution in [2.75, 3.05) is 0 Å². The molecule has 1 aromatic rings. The van der Waals surface area contributed by atoms with Crippen LogP contribution in [-0.2, 0) is 14.8 Å². The molecule has 1 unspecified atom stereocenters. The first-order valence-electron chi connectivity index (χ1n) is 6.22. The van der Waals surface area contributed by atoms with E-state index < -0.39 is 21.6 Å². The monoisotopic (exact) mass is 396 g/mol. The van der Waals surface area contributed by atoms with Crippen molar-refractivity contribution in [2.45, 2.75) is 44.2 Å². The Labute approximate surface area is 138 Å². The molecule has 0 fully saturated rings. The molecule has 0 aliphatic rings. The number of carbonyl (C=O) groups excluding carboxylic acids is 1. The van der Waals surface area contributed by atoms with E-state index in [1.165, 1.54) is 25.1 Å². The summed E-state index contributed by atoms with van der Waals surface area (Å²) >= 11 is 9.00. The van der Waals surface area contributed by atoms with Gasteiger partial charge in [0, 0.05) is 10.0 Å². The summed E-state index contributed by atoms with van der Waals surface area (Å²) in [6.07, 6.45) is 0. The largest absolute Gasteiger partial charge is 0.350 e. The smallest absolute Gasteiger partial charge is 0.241 e. The first-order chi connectivity index (χ1) is 9.42. The number of hydrogen-bond donors (Lipinski definition) is 2. The van der Waals surface area contributed by atoms with Gasteiger partial charge < -0.3 is 5.32 Å². The van der Waals surface area contributed by atoms with Gasteiger partial charge in [0.15, 0.2) is 0 Å². The first kappa shape index (κ1) is 18.4. The normalized spacial score (nSPS) is 13.8. The lowest BCUT2D eigenvalue weighted by Crippen LogP contribution is -2.50. The van der Waals surface area contributed by atoms with Crippen LogP contribution >= 0.6 is 27.5 Å². The Morgan fingerprint density at radius 1 is 1.33 bits per heavy atom. The van der Waals surface area contributed by atoms with Crippen LogP contribution in [0.1, 0.15) is 27.7 Å². The van der Waals surface area contributed by atoms with Crippen molar-refractivity contribution in [3.05, 3.63) is 27.7 Å². The number of hydrogen-bond acceptors (Lipinski definition) is 3. The van der Waals surface area contributed by atoms with E-state index in [0.29, 0.717) is 9.50 Å². The molecule has 1 amide bonds. The number of carbonyl (C=O) groups is 1.